The monoisotopic (exact) mass is 384 g/mol. The van der Waals surface area contributed by atoms with E-state index >= 15 is 0 Å². The van der Waals surface area contributed by atoms with Gasteiger partial charge in [-0.15, -0.1) is 0 Å². The zero-order valence-corrected chi connectivity index (χ0v) is 16.9. The number of amides is 1. The molecular formula is C21H26N3O2S+. The van der Waals surface area contributed by atoms with E-state index in [0.717, 1.165) is 27.6 Å². The van der Waals surface area contributed by atoms with Gasteiger partial charge < -0.3 is 9.64 Å². The largest absolute Gasteiger partial charge is 0.493 e. The molecular weight excluding hydrogens is 358 g/mol. The molecule has 27 heavy (non-hydrogen) atoms. The van der Waals surface area contributed by atoms with Gasteiger partial charge in [0.25, 0.3) is 0 Å². The fourth-order valence-electron chi connectivity index (χ4n) is 2.71. The number of ether oxygens (including phenoxy) is 1. The number of thiazole rings is 1. The molecule has 1 N–H and O–H groups in total. The maximum Gasteiger partial charge on any atom is 0.232 e. The van der Waals surface area contributed by atoms with Crippen LogP contribution in [0.15, 0.2) is 48.5 Å². The number of benzene rings is 2. The average Bonchev–Trinajstić information content (AvgIpc) is 3.05. The number of nitrogens with one attached hydrogen (secondary N) is 1. The van der Waals surface area contributed by atoms with Crippen LogP contribution < -0.4 is 14.5 Å². The van der Waals surface area contributed by atoms with Crippen LogP contribution in [0.25, 0.3) is 10.2 Å². The Hall–Kier alpha value is -2.44. The Kier molecular flexibility index (Phi) is 6.42. The first kappa shape index (κ1) is 19.3. The lowest BCUT2D eigenvalue weighted by molar-refractivity contribution is -0.856. The second kappa shape index (κ2) is 8.97. The summed E-state index contributed by atoms with van der Waals surface area (Å²) in [6.07, 6.45) is 0.326. The first-order valence-corrected chi connectivity index (χ1v) is 9.99. The van der Waals surface area contributed by atoms with Crippen molar-refractivity contribution in [3.63, 3.8) is 0 Å². The van der Waals surface area contributed by atoms with E-state index in [4.69, 9.17) is 9.72 Å². The number of para-hydroxylation sites is 1. The lowest BCUT2D eigenvalue weighted by Gasteiger charge is -2.20. The minimum atomic E-state index is 0.0444. The molecule has 1 aromatic heterocycles. The Balaban J connectivity index is 1.71. The summed E-state index contributed by atoms with van der Waals surface area (Å²) in [5.41, 5.74) is 2.14. The first-order valence-electron chi connectivity index (χ1n) is 9.17. The van der Waals surface area contributed by atoms with Crippen molar-refractivity contribution in [3.05, 3.63) is 54.1 Å². The number of fused-ring (bicyclic) bond motifs is 1. The molecule has 0 atom stereocenters. The predicted molar refractivity (Wildman–Crippen MR) is 111 cm³/mol. The third-order valence-electron chi connectivity index (χ3n) is 4.23. The van der Waals surface area contributed by atoms with Gasteiger partial charge in [-0.1, -0.05) is 35.6 Å². The minimum absolute atomic E-state index is 0.0444. The molecule has 0 radical (unpaired) electrons. The number of carbonyl (C=O) groups is 1. The molecule has 0 unspecified atom stereocenters. The van der Waals surface area contributed by atoms with Gasteiger partial charge in [-0.3, -0.25) is 9.69 Å². The Morgan fingerprint density at radius 2 is 1.96 bits per heavy atom. The van der Waals surface area contributed by atoms with Gasteiger partial charge in [-0.25, -0.2) is 4.98 Å². The average molecular weight is 385 g/mol. The number of aromatic nitrogens is 1. The Morgan fingerprint density at radius 3 is 2.70 bits per heavy atom. The number of nitrogens with zero attached hydrogens (tertiary/aromatic N) is 2. The zero-order chi connectivity index (χ0) is 19.2. The first-order chi connectivity index (χ1) is 13.0. The third kappa shape index (κ3) is 5.28. The molecule has 0 saturated heterocycles. The number of quaternary nitrogens is 1. The van der Waals surface area contributed by atoms with Gasteiger partial charge in [0.05, 0.1) is 50.4 Å². The van der Waals surface area contributed by atoms with Gasteiger partial charge in [-0.05, 0) is 36.8 Å². The van der Waals surface area contributed by atoms with Crippen LogP contribution in [0.3, 0.4) is 0 Å². The van der Waals surface area contributed by atoms with Crippen molar-refractivity contribution in [3.8, 4) is 5.75 Å². The van der Waals surface area contributed by atoms with Crippen LogP contribution in [0.5, 0.6) is 5.75 Å². The van der Waals surface area contributed by atoms with Crippen LogP contribution in [0.1, 0.15) is 12.0 Å². The molecule has 0 bridgehead atoms. The fraction of sp³-hybridized carbons (Fsp3) is 0.333. The van der Waals surface area contributed by atoms with Crippen molar-refractivity contribution in [2.24, 2.45) is 0 Å². The molecule has 0 saturated carbocycles. The molecule has 6 heteroatoms. The van der Waals surface area contributed by atoms with Gasteiger partial charge in [0.15, 0.2) is 5.13 Å². The van der Waals surface area contributed by atoms with Gasteiger partial charge in [0.1, 0.15) is 5.75 Å². The molecule has 1 heterocycles. The summed E-state index contributed by atoms with van der Waals surface area (Å²) in [4.78, 5) is 20.7. The van der Waals surface area contributed by atoms with Crippen LogP contribution in [0, 0.1) is 6.92 Å². The van der Waals surface area contributed by atoms with E-state index in [2.05, 4.69) is 33.2 Å². The standard InChI is InChI=1S/C21H25N3O2S/c1-16-9-10-18-19(15-16)27-21(22-18)24(13-12-23(2)3)20(25)11-14-26-17-7-5-4-6-8-17/h4-10,15H,11-14H2,1-3H3/p+1. The normalized spacial score (nSPS) is 11.1. The number of likely N-dealkylation sites (N-methyl/N-ethyl adjacent to an activating group) is 1. The maximum atomic E-state index is 12.9. The highest BCUT2D eigenvalue weighted by Gasteiger charge is 2.20. The summed E-state index contributed by atoms with van der Waals surface area (Å²) in [6.45, 7) is 3.93. The van der Waals surface area contributed by atoms with Crippen molar-refractivity contribution >= 4 is 32.6 Å². The minimum Gasteiger partial charge on any atom is -0.493 e. The van der Waals surface area contributed by atoms with Crippen molar-refractivity contribution in [2.75, 3.05) is 38.7 Å². The predicted octanol–water partition coefficient (Wildman–Crippen LogP) is 2.55. The second-order valence-corrected chi connectivity index (χ2v) is 7.89. The highest BCUT2D eigenvalue weighted by molar-refractivity contribution is 7.22. The van der Waals surface area contributed by atoms with E-state index in [1.54, 1.807) is 16.2 Å². The van der Waals surface area contributed by atoms with Crippen molar-refractivity contribution < 1.29 is 14.4 Å². The summed E-state index contributed by atoms with van der Waals surface area (Å²) in [5.74, 6) is 0.827. The van der Waals surface area contributed by atoms with Crippen LogP contribution in [-0.4, -0.2) is 44.7 Å². The molecule has 1 amide bonds. The molecule has 0 fully saturated rings. The smallest absolute Gasteiger partial charge is 0.232 e. The maximum absolute atomic E-state index is 12.9. The topological polar surface area (TPSA) is 46.9 Å². The third-order valence-corrected chi connectivity index (χ3v) is 5.27. The summed E-state index contributed by atoms with van der Waals surface area (Å²) >= 11 is 1.57. The van der Waals surface area contributed by atoms with Crippen molar-refractivity contribution in [1.82, 2.24) is 4.98 Å². The van der Waals surface area contributed by atoms with E-state index in [1.165, 1.54) is 10.5 Å². The van der Waals surface area contributed by atoms with E-state index in [-0.39, 0.29) is 5.91 Å². The van der Waals surface area contributed by atoms with E-state index in [9.17, 15) is 4.79 Å². The number of hydrogen-bond acceptors (Lipinski definition) is 4. The molecule has 0 spiro atoms. The summed E-state index contributed by atoms with van der Waals surface area (Å²) in [7, 11) is 4.17. The number of rotatable bonds is 8. The highest BCUT2D eigenvalue weighted by atomic mass is 32.1. The van der Waals surface area contributed by atoms with Crippen LogP contribution in [-0.2, 0) is 4.79 Å². The van der Waals surface area contributed by atoms with Gasteiger partial charge >= 0.3 is 0 Å². The number of anilines is 1. The number of hydrogen-bond donors (Lipinski definition) is 1. The number of aryl methyl sites for hydroxylation is 1. The van der Waals surface area contributed by atoms with Crippen molar-refractivity contribution in [2.45, 2.75) is 13.3 Å². The quantitative estimate of drug-likeness (QED) is 0.649. The van der Waals surface area contributed by atoms with E-state index < -0.39 is 0 Å². The Bertz CT molecular complexity index is 893. The number of carbonyl (C=O) groups excluding carboxylic acids is 1. The zero-order valence-electron chi connectivity index (χ0n) is 16.1. The van der Waals surface area contributed by atoms with Crippen molar-refractivity contribution in [1.29, 1.82) is 0 Å². The molecule has 3 rings (SSSR count). The summed E-state index contributed by atoms with van der Waals surface area (Å²) in [5, 5.41) is 0.765. The van der Waals surface area contributed by atoms with Crippen LogP contribution in [0.2, 0.25) is 0 Å². The molecule has 0 aliphatic heterocycles. The highest BCUT2D eigenvalue weighted by Crippen LogP contribution is 2.29. The Morgan fingerprint density at radius 1 is 1.19 bits per heavy atom. The summed E-state index contributed by atoms with van der Waals surface area (Å²) in [6, 6.07) is 15.8. The molecule has 0 aliphatic carbocycles. The van der Waals surface area contributed by atoms with E-state index in [0.29, 0.717) is 19.6 Å². The summed E-state index contributed by atoms with van der Waals surface area (Å²) < 4.78 is 6.80. The molecule has 142 valence electrons. The SMILES string of the molecule is Cc1ccc2nc(N(CC[NH+](C)C)C(=O)CCOc3ccccc3)sc2c1. The molecule has 3 aromatic rings. The Labute approximate surface area is 164 Å². The molecule has 2 aromatic carbocycles. The second-order valence-electron chi connectivity index (χ2n) is 6.88. The molecule has 5 nitrogen and oxygen atoms in total. The van der Waals surface area contributed by atoms with Gasteiger partial charge in [-0.2, -0.15) is 0 Å². The molecule has 0 aliphatic rings. The lowest BCUT2D eigenvalue weighted by atomic mass is 10.2. The lowest BCUT2D eigenvalue weighted by Crippen LogP contribution is -3.06. The van der Waals surface area contributed by atoms with Crippen LogP contribution in [0.4, 0.5) is 5.13 Å². The fourth-order valence-corrected chi connectivity index (χ4v) is 3.81. The van der Waals surface area contributed by atoms with Gasteiger partial charge in [0.2, 0.25) is 5.91 Å². The van der Waals surface area contributed by atoms with Gasteiger partial charge in [0, 0.05) is 0 Å². The van der Waals surface area contributed by atoms with Crippen LogP contribution >= 0.6 is 11.3 Å². The van der Waals surface area contributed by atoms with E-state index in [1.807, 2.05) is 36.4 Å².